The van der Waals surface area contributed by atoms with Crippen molar-refractivity contribution in [3.8, 4) is 17.2 Å². The summed E-state index contributed by atoms with van der Waals surface area (Å²) in [7, 11) is 0. The largest absolute Gasteiger partial charge is 0.394 e. The Bertz CT molecular complexity index is 1020. The quantitative estimate of drug-likeness (QED) is 0.667. The second kappa shape index (κ2) is 7.44. The molecule has 28 heavy (non-hydrogen) atoms. The maximum atomic E-state index is 12.6. The smallest absolute Gasteiger partial charge is 0.255 e. The average Bonchev–Trinajstić information content (AvgIpc) is 3.33. The van der Waals surface area contributed by atoms with Crippen LogP contribution in [-0.4, -0.2) is 43.4 Å². The van der Waals surface area contributed by atoms with E-state index in [4.69, 9.17) is 4.98 Å². The number of aliphatic hydroxyl groups is 1. The minimum absolute atomic E-state index is 0.108. The molecule has 1 amide bonds. The van der Waals surface area contributed by atoms with E-state index < -0.39 is 0 Å². The molecule has 7 nitrogen and oxygen atoms in total. The lowest BCUT2D eigenvalue weighted by Crippen LogP contribution is -2.35. The second-order valence-corrected chi connectivity index (χ2v) is 8.72. The molecule has 8 heteroatoms. The van der Waals surface area contributed by atoms with E-state index in [-0.39, 0.29) is 24.5 Å². The molecule has 146 valence electrons. The van der Waals surface area contributed by atoms with Crippen LogP contribution < -0.4 is 5.32 Å². The average molecular weight is 398 g/mol. The molecule has 1 saturated carbocycles. The molecule has 1 aliphatic rings. The van der Waals surface area contributed by atoms with E-state index in [0.717, 1.165) is 29.8 Å². The van der Waals surface area contributed by atoms with Crippen LogP contribution in [0.4, 0.5) is 0 Å². The highest BCUT2D eigenvalue weighted by Crippen LogP contribution is 2.42. The maximum Gasteiger partial charge on any atom is 0.255 e. The zero-order valence-electron chi connectivity index (χ0n) is 16.1. The molecule has 1 atom stereocenters. The van der Waals surface area contributed by atoms with Gasteiger partial charge in [-0.25, -0.2) is 14.6 Å². The summed E-state index contributed by atoms with van der Waals surface area (Å²) >= 11 is 1.74. The summed E-state index contributed by atoms with van der Waals surface area (Å²) < 4.78 is 1.69. The molecular weight excluding hydrogens is 374 g/mol. The Kier molecular flexibility index (Phi) is 4.99. The summed E-state index contributed by atoms with van der Waals surface area (Å²) in [5.74, 6) is 0.525. The van der Waals surface area contributed by atoms with Gasteiger partial charge in [0.15, 0.2) is 0 Å². The fourth-order valence-corrected chi connectivity index (χ4v) is 4.21. The first-order valence-electron chi connectivity index (χ1n) is 9.38. The number of nitrogens with zero attached hydrogens (tertiary/aromatic N) is 4. The third-order valence-electron chi connectivity index (χ3n) is 4.82. The molecule has 1 fully saturated rings. The lowest BCUT2D eigenvalue weighted by atomic mass is 10.1. The lowest BCUT2D eigenvalue weighted by molar-refractivity contribution is 0.0921. The maximum absolute atomic E-state index is 12.6. The summed E-state index contributed by atoms with van der Waals surface area (Å²) in [6, 6.07) is 3.72. The van der Waals surface area contributed by atoms with E-state index in [1.54, 1.807) is 35.3 Å². The molecule has 0 aliphatic heterocycles. The molecule has 0 bridgehead atoms. The summed E-state index contributed by atoms with van der Waals surface area (Å²) in [6.07, 6.45) is 5.34. The SMILES string of the molecule is Cc1cc(-c2ccnc(-n3ncc(C(=O)NC(C)CO)c3C3CC3)n2)c(C)s1. The number of amides is 1. The minimum atomic E-state index is -0.313. The van der Waals surface area contributed by atoms with Crippen LogP contribution in [0, 0.1) is 13.8 Å². The topological polar surface area (TPSA) is 92.9 Å². The number of hydrogen-bond acceptors (Lipinski definition) is 6. The predicted octanol–water partition coefficient (Wildman–Crippen LogP) is 3.00. The van der Waals surface area contributed by atoms with Crippen molar-refractivity contribution in [1.29, 1.82) is 0 Å². The van der Waals surface area contributed by atoms with Crippen LogP contribution in [0.1, 0.15) is 51.5 Å². The number of aliphatic hydroxyl groups excluding tert-OH is 1. The van der Waals surface area contributed by atoms with E-state index in [2.05, 4.69) is 35.3 Å². The summed E-state index contributed by atoms with van der Waals surface area (Å²) in [5, 5.41) is 16.4. The monoisotopic (exact) mass is 397 g/mol. The van der Waals surface area contributed by atoms with Crippen molar-refractivity contribution in [3.63, 3.8) is 0 Å². The molecule has 0 spiro atoms. The Morgan fingerprint density at radius 1 is 1.43 bits per heavy atom. The van der Waals surface area contributed by atoms with Crippen LogP contribution >= 0.6 is 11.3 Å². The normalized spacial score (nSPS) is 14.9. The zero-order valence-corrected chi connectivity index (χ0v) is 17.0. The molecule has 4 rings (SSSR count). The number of carbonyl (C=O) groups excluding carboxylic acids is 1. The molecule has 2 N–H and O–H groups in total. The van der Waals surface area contributed by atoms with E-state index >= 15 is 0 Å². The van der Waals surface area contributed by atoms with Gasteiger partial charge in [-0.3, -0.25) is 4.79 Å². The third kappa shape index (κ3) is 3.57. The molecule has 3 aromatic heterocycles. The Hall–Kier alpha value is -2.58. The van der Waals surface area contributed by atoms with Gasteiger partial charge in [-0.15, -0.1) is 11.3 Å². The fraction of sp³-hybridized carbons (Fsp3) is 0.400. The first-order valence-corrected chi connectivity index (χ1v) is 10.2. The number of aromatic nitrogens is 4. The van der Waals surface area contributed by atoms with E-state index in [1.807, 2.05) is 6.07 Å². The van der Waals surface area contributed by atoms with Crippen molar-refractivity contribution in [3.05, 3.63) is 45.5 Å². The second-order valence-electron chi connectivity index (χ2n) is 7.26. The molecule has 0 saturated heterocycles. The molecule has 3 aromatic rings. The zero-order chi connectivity index (χ0) is 19.8. The van der Waals surface area contributed by atoms with Crippen LogP contribution in [0.5, 0.6) is 0 Å². The Morgan fingerprint density at radius 2 is 2.21 bits per heavy atom. The van der Waals surface area contributed by atoms with Gasteiger partial charge in [0.2, 0.25) is 0 Å². The lowest BCUT2D eigenvalue weighted by Gasteiger charge is -2.12. The van der Waals surface area contributed by atoms with Crippen LogP contribution in [0.15, 0.2) is 24.5 Å². The highest BCUT2D eigenvalue weighted by molar-refractivity contribution is 7.12. The van der Waals surface area contributed by atoms with Gasteiger partial charge in [0.05, 0.1) is 29.8 Å². The highest BCUT2D eigenvalue weighted by Gasteiger charge is 2.33. The van der Waals surface area contributed by atoms with E-state index in [9.17, 15) is 9.90 Å². The number of hydrogen-bond donors (Lipinski definition) is 2. The van der Waals surface area contributed by atoms with Crippen molar-refractivity contribution in [2.45, 2.75) is 45.6 Å². The van der Waals surface area contributed by atoms with Gasteiger partial charge < -0.3 is 10.4 Å². The number of thiophene rings is 1. The van der Waals surface area contributed by atoms with Gasteiger partial charge in [0, 0.05) is 33.5 Å². The Labute approximate surface area is 167 Å². The van der Waals surface area contributed by atoms with Crippen molar-refractivity contribution in [2.75, 3.05) is 6.61 Å². The first-order chi connectivity index (χ1) is 13.5. The minimum Gasteiger partial charge on any atom is -0.394 e. The van der Waals surface area contributed by atoms with Crippen LogP contribution in [0.25, 0.3) is 17.2 Å². The van der Waals surface area contributed by atoms with Gasteiger partial charge in [0.25, 0.3) is 11.9 Å². The van der Waals surface area contributed by atoms with Gasteiger partial charge in [-0.1, -0.05) is 0 Å². The van der Waals surface area contributed by atoms with Crippen LogP contribution in [0.3, 0.4) is 0 Å². The van der Waals surface area contributed by atoms with Gasteiger partial charge in [-0.2, -0.15) is 5.10 Å². The summed E-state index contributed by atoms with van der Waals surface area (Å²) in [6.45, 7) is 5.82. The first kappa shape index (κ1) is 18.8. The van der Waals surface area contributed by atoms with Gasteiger partial charge >= 0.3 is 0 Å². The highest BCUT2D eigenvalue weighted by atomic mass is 32.1. The molecular formula is C20H23N5O2S. The van der Waals surface area contributed by atoms with E-state index in [0.29, 0.717) is 11.5 Å². The predicted molar refractivity (Wildman–Crippen MR) is 108 cm³/mol. The molecule has 3 heterocycles. The number of rotatable bonds is 6. The van der Waals surface area contributed by atoms with E-state index in [1.165, 1.54) is 9.75 Å². The van der Waals surface area contributed by atoms with Crippen LogP contribution in [-0.2, 0) is 0 Å². The standard InChI is InChI=1S/C20H23N5O2S/c1-11(10-26)23-19(27)16-9-22-25(18(16)14-4-5-14)20-21-7-6-17(24-20)15-8-12(2)28-13(15)3/h6-9,11,14,26H,4-5,10H2,1-3H3,(H,23,27). The van der Waals surface area contributed by atoms with Crippen molar-refractivity contribution >= 4 is 17.2 Å². The summed E-state index contributed by atoms with van der Waals surface area (Å²) in [4.78, 5) is 24.2. The van der Waals surface area contributed by atoms with Crippen molar-refractivity contribution in [1.82, 2.24) is 25.1 Å². The number of carbonyl (C=O) groups is 1. The molecule has 0 radical (unpaired) electrons. The molecule has 0 aromatic carbocycles. The Morgan fingerprint density at radius 3 is 2.86 bits per heavy atom. The van der Waals surface area contributed by atoms with Crippen molar-refractivity contribution in [2.24, 2.45) is 0 Å². The van der Waals surface area contributed by atoms with Crippen molar-refractivity contribution < 1.29 is 9.90 Å². The molecule has 1 aliphatic carbocycles. The molecule has 1 unspecified atom stereocenters. The third-order valence-corrected chi connectivity index (χ3v) is 5.78. The number of nitrogens with one attached hydrogen (secondary N) is 1. The number of aryl methyl sites for hydroxylation is 2. The van der Waals surface area contributed by atoms with Gasteiger partial charge in [-0.05, 0) is 45.7 Å². The van der Waals surface area contributed by atoms with Crippen LogP contribution in [0.2, 0.25) is 0 Å². The fourth-order valence-electron chi connectivity index (χ4n) is 3.27. The summed E-state index contributed by atoms with van der Waals surface area (Å²) in [5.41, 5.74) is 3.32. The Balaban J connectivity index is 1.73. The van der Waals surface area contributed by atoms with Gasteiger partial charge in [0.1, 0.15) is 0 Å².